The van der Waals surface area contributed by atoms with Crippen molar-refractivity contribution in [2.45, 2.75) is 18.9 Å². The van der Waals surface area contributed by atoms with E-state index < -0.39 is 0 Å². The molecule has 1 aliphatic heterocycles. The topological polar surface area (TPSA) is 67.2 Å². The van der Waals surface area contributed by atoms with Gasteiger partial charge in [-0.1, -0.05) is 16.7 Å². The summed E-state index contributed by atoms with van der Waals surface area (Å²) >= 11 is 5.81. The Labute approximate surface area is 117 Å². The number of hydrogen-bond acceptors (Lipinski definition) is 3. The van der Waals surface area contributed by atoms with Crippen molar-refractivity contribution in [2.75, 3.05) is 19.8 Å². The molecular weight excluding hydrogens is 266 g/mol. The molecule has 1 fully saturated rings. The molecule has 2 unspecified atom stereocenters. The number of nitrogens with zero attached hydrogens (tertiary/aromatic N) is 3. The van der Waals surface area contributed by atoms with Crippen molar-refractivity contribution in [1.82, 2.24) is 0 Å². The first-order chi connectivity index (χ1) is 9.28. The van der Waals surface area contributed by atoms with Crippen LogP contribution in [-0.4, -0.2) is 25.9 Å². The number of hydrogen-bond donors (Lipinski definition) is 0. The molecule has 0 spiro atoms. The molecule has 0 N–H and O–H groups in total. The van der Waals surface area contributed by atoms with Gasteiger partial charge in [0.1, 0.15) is 5.75 Å². The minimum atomic E-state index is 0.0580. The molecule has 0 bridgehead atoms. The Bertz CT molecular complexity index is 438. The van der Waals surface area contributed by atoms with E-state index in [0.29, 0.717) is 30.7 Å². The van der Waals surface area contributed by atoms with Crippen molar-refractivity contribution in [1.29, 1.82) is 0 Å². The summed E-state index contributed by atoms with van der Waals surface area (Å²) in [4.78, 5) is 2.74. The SMILES string of the molecule is [N-]=[N+]=NCC1CCC(COc2ccc(Cl)cc2)CO1. The quantitative estimate of drug-likeness (QED) is 0.468. The van der Waals surface area contributed by atoms with Crippen molar-refractivity contribution < 1.29 is 9.47 Å². The summed E-state index contributed by atoms with van der Waals surface area (Å²) < 4.78 is 11.3. The van der Waals surface area contributed by atoms with Crippen LogP contribution in [0, 0.1) is 5.92 Å². The second-order valence-electron chi connectivity index (χ2n) is 4.58. The normalized spacial score (nSPS) is 22.6. The Balaban J connectivity index is 1.71. The molecule has 5 nitrogen and oxygen atoms in total. The molecule has 0 saturated carbocycles. The van der Waals surface area contributed by atoms with Gasteiger partial charge in [0.05, 0.1) is 25.9 Å². The van der Waals surface area contributed by atoms with Crippen LogP contribution in [0.3, 0.4) is 0 Å². The van der Waals surface area contributed by atoms with Gasteiger partial charge in [-0.25, -0.2) is 0 Å². The molecule has 1 aliphatic rings. The van der Waals surface area contributed by atoms with Gasteiger partial charge in [-0.05, 0) is 42.6 Å². The minimum absolute atomic E-state index is 0.0580. The van der Waals surface area contributed by atoms with E-state index in [1.54, 1.807) is 0 Å². The molecule has 2 atom stereocenters. The molecule has 0 aromatic heterocycles. The van der Waals surface area contributed by atoms with Crippen molar-refractivity contribution in [3.63, 3.8) is 0 Å². The van der Waals surface area contributed by atoms with E-state index in [1.165, 1.54) is 0 Å². The Morgan fingerprint density at radius 1 is 1.37 bits per heavy atom. The molecule has 0 aliphatic carbocycles. The average Bonchev–Trinajstić information content (AvgIpc) is 2.46. The number of azide groups is 1. The van der Waals surface area contributed by atoms with Gasteiger partial charge >= 0.3 is 0 Å². The van der Waals surface area contributed by atoms with E-state index in [1.807, 2.05) is 24.3 Å². The molecule has 0 radical (unpaired) electrons. The van der Waals surface area contributed by atoms with Crippen LogP contribution in [0.5, 0.6) is 5.75 Å². The molecule has 19 heavy (non-hydrogen) atoms. The Morgan fingerprint density at radius 2 is 2.16 bits per heavy atom. The molecule has 6 heteroatoms. The van der Waals surface area contributed by atoms with Gasteiger partial charge in [0, 0.05) is 15.9 Å². The summed E-state index contributed by atoms with van der Waals surface area (Å²) in [5.41, 5.74) is 8.25. The Morgan fingerprint density at radius 3 is 2.79 bits per heavy atom. The lowest BCUT2D eigenvalue weighted by Crippen LogP contribution is -2.30. The number of benzene rings is 1. The van der Waals surface area contributed by atoms with Gasteiger partial charge in [-0.15, -0.1) is 0 Å². The van der Waals surface area contributed by atoms with Crippen LogP contribution in [0.1, 0.15) is 12.8 Å². The summed E-state index contributed by atoms with van der Waals surface area (Å²) in [6, 6.07) is 7.33. The maximum Gasteiger partial charge on any atom is 0.119 e. The molecule has 1 aromatic carbocycles. The second kappa shape index (κ2) is 7.24. The number of ether oxygens (including phenoxy) is 2. The monoisotopic (exact) mass is 281 g/mol. The maximum absolute atomic E-state index is 8.25. The minimum Gasteiger partial charge on any atom is -0.493 e. The third kappa shape index (κ3) is 4.63. The first kappa shape index (κ1) is 14.0. The van der Waals surface area contributed by atoms with Crippen LogP contribution in [0.4, 0.5) is 0 Å². The van der Waals surface area contributed by atoms with E-state index in [4.69, 9.17) is 26.6 Å². The van der Waals surface area contributed by atoms with E-state index in [9.17, 15) is 0 Å². The lowest BCUT2D eigenvalue weighted by molar-refractivity contribution is -0.0218. The van der Waals surface area contributed by atoms with Crippen molar-refractivity contribution in [3.05, 3.63) is 39.7 Å². The van der Waals surface area contributed by atoms with Gasteiger partial charge < -0.3 is 9.47 Å². The van der Waals surface area contributed by atoms with Crippen LogP contribution in [0.25, 0.3) is 10.4 Å². The summed E-state index contributed by atoms with van der Waals surface area (Å²) in [5.74, 6) is 1.21. The largest absolute Gasteiger partial charge is 0.493 e. The van der Waals surface area contributed by atoms with Crippen LogP contribution in [0.2, 0.25) is 5.02 Å². The highest BCUT2D eigenvalue weighted by Gasteiger charge is 2.21. The first-order valence-corrected chi connectivity index (χ1v) is 6.66. The number of halogens is 1. The molecule has 2 rings (SSSR count). The highest BCUT2D eigenvalue weighted by molar-refractivity contribution is 6.30. The van der Waals surface area contributed by atoms with Gasteiger partial charge in [0.15, 0.2) is 0 Å². The van der Waals surface area contributed by atoms with E-state index in [0.717, 1.165) is 18.6 Å². The fourth-order valence-electron chi connectivity index (χ4n) is 2.01. The molecule has 1 aromatic rings. The average molecular weight is 282 g/mol. The van der Waals surface area contributed by atoms with Crippen LogP contribution >= 0.6 is 11.6 Å². The van der Waals surface area contributed by atoms with Gasteiger partial charge in [0.2, 0.25) is 0 Å². The zero-order chi connectivity index (χ0) is 13.5. The predicted octanol–water partition coefficient (Wildman–Crippen LogP) is 3.82. The first-order valence-electron chi connectivity index (χ1n) is 6.28. The summed E-state index contributed by atoms with van der Waals surface area (Å²) in [6.45, 7) is 1.70. The zero-order valence-electron chi connectivity index (χ0n) is 10.5. The smallest absolute Gasteiger partial charge is 0.119 e. The van der Waals surface area contributed by atoms with Crippen LogP contribution in [0.15, 0.2) is 29.4 Å². The van der Waals surface area contributed by atoms with Gasteiger partial charge in [-0.2, -0.15) is 0 Å². The molecule has 1 heterocycles. The highest BCUT2D eigenvalue weighted by Crippen LogP contribution is 2.21. The second-order valence-corrected chi connectivity index (χ2v) is 5.01. The lowest BCUT2D eigenvalue weighted by Gasteiger charge is -2.28. The Hall–Kier alpha value is -1.42. The van der Waals surface area contributed by atoms with Crippen molar-refractivity contribution >= 4 is 11.6 Å². The summed E-state index contributed by atoms with van der Waals surface area (Å²) in [6.07, 6.45) is 2.00. The standard InChI is InChI=1S/C13H16ClN3O2/c14-11-2-5-12(6-3-11)18-8-10-1-4-13(19-9-10)7-16-17-15/h2-3,5-6,10,13H,1,4,7-9H2. The predicted molar refractivity (Wildman–Crippen MR) is 73.4 cm³/mol. The zero-order valence-corrected chi connectivity index (χ0v) is 11.3. The third-order valence-electron chi connectivity index (χ3n) is 3.11. The maximum atomic E-state index is 8.25. The lowest BCUT2D eigenvalue weighted by atomic mass is 9.99. The molecule has 0 amide bonds. The van der Waals surface area contributed by atoms with E-state index in [-0.39, 0.29) is 6.10 Å². The van der Waals surface area contributed by atoms with Crippen LogP contribution < -0.4 is 4.74 Å². The van der Waals surface area contributed by atoms with Crippen molar-refractivity contribution in [3.8, 4) is 5.75 Å². The van der Waals surface area contributed by atoms with E-state index in [2.05, 4.69) is 10.0 Å². The molecule has 1 saturated heterocycles. The van der Waals surface area contributed by atoms with Gasteiger partial charge in [0.25, 0.3) is 0 Å². The van der Waals surface area contributed by atoms with Gasteiger partial charge in [-0.3, -0.25) is 0 Å². The summed E-state index contributed by atoms with van der Waals surface area (Å²) in [7, 11) is 0. The molecular formula is C13H16ClN3O2. The van der Waals surface area contributed by atoms with Crippen LogP contribution in [-0.2, 0) is 4.74 Å². The summed E-state index contributed by atoms with van der Waals surface area (Å²) in [5, 5.41) is 4.24. The van der Waals surface area contributed by atoms with E-state index >= 15 is 0 Å². The number of rotatable bonds is 5. The third-order valence-corrected chi connectivity index (χ3v) is 3.36. The molecule has 102 valence electrons. The fourth-order valence-corrected chi connectivity index (χ4v) is 2.13. The van der Waals surface area contributed by atoms with Crippen molar-refractivity contribution in [2.24, 2.45) is 11.0 Å². The Kier molecular flexibility index (Phi) is 5.33. The fraction of sp³-hybridized carbons (Fsp3) is 0.538. The highest BCUT2D eigenvalue weighted by atomic mass is 35.5.